The molecule has 1 unspecified atom stereocenters. The third-order valence-corrected chi connectivity index (χ3v) is 4.37. The second-order valence-electron chi connectivity index (χ2n) is 6.29. The predicted octanol–water partition coefficient (Wildman–Crippen LogP) is 3.78. The van der Waals surface area contributed by atoms with Gasteiger partial charge >= 0.3 is 12.0 Å². The minimum atomic E-state index is -0.759. The number of carbonyl (C=O) groups is 3. The largest absolute Gasteiger partial charge is 0.493 e. The number of benzene rings is 2. The van der Waals surface area contributed by atoms with Crippen molar-refractivity contribution in [3.05, 3.63) is 64.2 Å². The molecule has 3 N–H and O–H groups in total. The molecule has 0 radical (unpaired) electrons. The van der Waals surface area contributed by atoms with E-state index in [0.29, 0.717) is 34.1 Å². The molecule has 0 heterocycles. The number of rotatable bonds is 9. The van der Waals surface area contributed by atoms with Crippen molar-refractivity contribution in [2.45, 2.75) is 32.9 Å². The monoisotopic (exact) mass is 418 g/mol. The molecule has 2 rings (SSSR count). The molecule has 0 aliphatic carbocycles. The number of urea groups is 1. The van der Waals surface area contributed by atoms with Crippen molar-refractivity contribution < 1.29 is 23.9 Å². The second-order valence-corrected chi connectivity index (χ2v) is 6.73. The number of hydrogen-bond acceptors (Lipinski definition) is 5. The van der Waals surface area contributed by atoms with Crippen LogP contribution in [0.3, 0.4) is 0 Å². The zero-order valence-electron chi connectivity index (χ0n) is 16.2. The highest BCUT2D eigenvalue weighted by molar-refractivity contribution is 6.30. The molecule has 29 heavy (non-hydrogen) atoms. The number of esters is 1. The standard InChI is InChI=1S/C21H23ClN2O5/c1-3-28-19-9-6-15(13(2)25)10-16(19)12-29-20(26)11-18(24-21(23)27)14-4-7-17(22)8-5-14/h4-10,18H,3,11-12H2,1-2H3,(H3,23,24,27). The minimum absolute atomic E-state index is 0.0702. The Bertz CT molecular complexity index is 883. The van der Waals surface area contributed by atoms with Gasteiger partial charge in [-0.2, -0.15) is 0 Å². The highest BCUT2D eigenvalue weighted by Gasteiger charge is 2.19. The lowest BCUT2D eigenvalue weighted by molar-refractivity contribution is -0.145. The Hall–Kier alpha value is -3.06. The van der Waals surface area contributed by atoms with E-state index in [2.05, 4.69) is 5.32 Å². The molecule has 0 fully saturated rings. The van der Waals surface area contributed by atoms with Crippen molar-refractivity contribution in [2.75, 3.05) is 6.61 Å². The summed E-state index contributed by atoms with van der Waals surface area (Å²) in [7, 11) is 0. The molecule has 0 spiro atoms. The third kappa shape index (κ3) is 6.80. The summed E-state index contributed by atoms with van der Waals surface area (Å²) in [6.45, 7) is 3.65. The lowest BCUT2D eigenvalue weighted by atomic mass is 10.0. The van der Waals surface area contributed by atoms with Gasteiger partial charge in [0.1, 0.15) is 12.4 Å². The van der Waals surface area contributed by atoms with E-state index in [4.69, 9.17) is 26.8 Å². The number of ether oxygens (including phenoxy) is 2. The molecule has 2 aromatic rings. The van der Waals surface area contributed by atoms with Crippen molar-refractivity contribution in [1.29, 1.82) is 0 Å². The summed E-state index contributed by atoms with van der Waals surface area (Å²) >= 11 is 5.88. The lowest BCUT2D eigenvalue weighted by Gasteiger charge is -2.18. The Labute approximate surface area is 174 Å². The van der Waals surface area contributed by atoms with Crippen LogP contribution in [0.2, 0.25) is 5.02 Å². The first-order valence-electron chi connectivity index (χ1n) is 9.03. The van der Waals surface area contributed by atoms with Crippen molar-refractivity contribution in [3.8, 4) is 5.75 Å². The van der Waals surface area contributed by atoms with Crippen molar-refractivity contribution in [3.63, 3.8) is 0 Å². The number of hydrogen-bond donors (Lipinski definition) is 2. The average molecular weight is 419 g/mol. The van der Waals surface area contributed by atoms with Crippen LogP contribution in [-0.4, -0.2) is 24.4 Å². The van der Waals surface area contributed by atoms with Gasteiger partial charge in [0.2, 0.25) is 0 Å². The van der Waals surface area contributed by atoms with E-state index in [-0.39, 0.29) is 18.8 Å². The highest BCUT2D eigenvalue weighted by Crippen LogP contribution is 2.23. The van der Waals surface area contributed by atoms with E-state index in [1.54, 1.807) is 42.5 Å². The Morgan fingerprint density at radius 2 is 1.83 bits per heavy atom. The fourth-order valence-corrected chi connectivity index (χ4v) is 2.84. The average Bonchev–Trinajstić information content (AvgIpc) is 2.67. The van der Waals surface area contributed by atoms with Crippen molar-refractivity contribution in [2.24, 2.45) is 5.73 Å². The van der Waals surface area contributed by atoms with Crippen LogP contribution >= 0.6 is 11.6 Å². The zero-order chi connectivity index (χ0) is 21.4. The molecule has 154 valence electrons. The molecule has 0 bridgehead atoms. The van der Waals surface area contributed by atoms with Gasteiger partial charge in [-0.1, -0.05) is 23.7 Å². The van der Waals surface area contributed by atoms with E-state index in [1.165, 1.54) is 6.92 Å². The normalized spacial score (nSPS) is 11.4. The molecule has 0 saturated carbocycles. The Morgan fingerprint density at radius 3 is 2.41 bits per heavy atom. The summed E-state index contributed by atoms with van der Waals surface area (Å²) in [6, 6.07) is 10.2. The first kappa shape index (κ1) is 22.2. The Balaban J connectivity index is 2.10. The van der Waals surface area contributed by atoms with Gasteiger partial charge in [-0.05, 0) is 49.7 Å². The van der Waals surface area contributed by atoms with Crippen LogP contribution in [0.4, 0.5) is 4.79 Å². The molecule has 0 aliphatic rings. The molecule has 2 aromatic carbocycles. The number of carbonyl (C=O) groups excluding carboxylic acids is 3. The molecule has 0 aromatic heterocycles. The summed E-state index contributed by atoms with van der Waals surface area (Å²) < 4.78 is 10.9. The number of halogens is 1. The van der Waals surface area contributed by atoms with E-state index in [9.17, 15) is 14.4 Å². The Morgan fingerprint density at radius 1 is 1.14 bits per heavy atom. The molecular weight excluding hydrogens is 396 g/mol. The highest BCUT2D eigenvalue weighted by atomic mass is 35.5. The molecule has 2 amide bonds. The van der Waals surface area contributed by atoms with Crippen molar-refractivity contribution >= 4 is 29.4 Å². The van der Waals surface area contributed by atoms with Crippen LogP contribution in [0.1, 0.15) is 47.8 Å². The lowest BCUT2D eigenvalue weighted by Crippen LogP contribution is -2.34. The second kappa shape index (κ2) is 10.5. The first-order valence-corrected chi connectivity index (χ1v) is 9.41. The molecule has 0 aliphatic heterocycles. The van der Waals surface area contributed by atoms with E-state index >= 15 is 0 Å². The van der Waals surface area contributed by atoms with E-state index in [0.717, 1.165) is 0 Å². The number of amides is 2. The van der Waals surface area contributed by atoms with Crippen LogP contribution in [0.25, 0.3) is 0 Å². The van der Waals surface area contributed by atoms with Gasteiger partial charge in [0.05, 0.1) is 19.1 Å². The quantitative estimate of drug-likeness (QED) is 0.476. The van der Waals surface area contributed by atoms with Crippen LogP contribution in [-0.2, 0) is 16.1 Å². The topological polar surface area (TPSA) is 108 Å². The predicted molar refractivity (Wildman–Crippen MR) is 109 cm³/mol. The number of Topliss-reactive ketones (excluding diaryl/α,β-unsaturated/α-hetero) is 1. The van der Waals surface area contributed by atoms with E-state index < -0.39 is 18.0 Å². The van der Waals surface area contributed by atoms with Crippen LogP contribution < -0.4 is 15.8 Å². The summed E-state index contributed by atoms with van der Waals surface area (Å²) in [5, 5.41) is 3.06. The fourth-order valence-electron chi connectivity index (χ4n) is 2.71. The van der Waals surface area contributed by atoms with Crippen molar-refractivity contribution in [1.82, 2.24) is 5.32 Å². The number of nitrogens with one attached hydrogen (secondary N) is 1. The SMILES string of the molecule is CCOc1ccc(C(C)=O)cc1COC(=O)CC(NC(N)=O)c1ccc(Cl)cc1. The summed E-state index contributed by atoms with van der Waals surface area (Å²) in [6.07, 6.45) is -0.124. The van der Waals surface area contributed by atoms with Gasteiger partial charge in [0, 0.05) is 16.1 Å². The maximum atomic E-state index is 12.4. The van der Waals surface area contributed by atoms with Gasteiger partial charge in [0.25, 0.3) is 0 Å². The van der Waals surface area contributed by atoms with Crippen LogP contribution in [0.5, 0.6) is 5.75 Å². The maximum Gasteiger partial charge on any atom is 0.312 e. The van der Waals surface area contributed by atoms with Gasteiger partial charge in [-0.25, -0.2) is 4.79 Å². The van der Waals surface area contributed by atoms with E-state index in [1.807, 2.05) is 6.92 Å². The van der Waals surface area contributed by atoms with Crippen LogP contribution in [0.15, 0.2) is 42.5 Å². The number of primary amides is 1. The first-order chi connectivity index (χ1) is 13.8. The third-order valence-electron chi connectivity index (χ3n) is 4.12. The number of ketones is 1. The van der Waals surface area contributed by atoms with Crippen LogP contribution in [0, 0.1) is 0 Å². The molecule has 7 nitrogen and oxygen atoms in total. The Kier molecular flexibility index (Phi) is 8.03. The van der Waals surface area contributed by atoms with Gasteiger partial charge < -0.3 is 20.5 Å². The number of nitrogens with two attached hydrogens (primary N) is 1. The molecule has 1 atom stereocenters. The minimum Gasteiger partial charge on any atom is -0.493 e. The summed E-state index contributed by atoms with van der Waals surface area (Å²) in [5.41, 5.74) is 6.96. The maximum absolute atomic E-state index is 12.4. The fraction of sp³-hybridized carbons (Fsp3) is 0.286. The molecule has 8 heteroatoms. The zero-order valence-corrected chi connectivity index (χ0v) is 17.0. The summed E-state index contributed by atoms with van der Waals surface area (Å²) in [5.74, 6) is -0.113. The smallest absolute Gasteiger partial charge is 0.312 e. The summed E-state index contributed by atoms with van der Waals surface area (Å²) in [4.78, 5) is 35.3. The van der Waals surface area contributed by atoms with Gasteiger partial charge in [-0.15, -0.1) is 0 Å². The molecular formula is C21H23ClN2O5. The molecule has 0 saturated heterocycles. The van der Waals surface area contributed by atoms with Gasteiger partial charge in [0.15, 0.2) is 5.78 Å². The van der Waals surface area contributed by atoms with Gasteiger partial charge in [-0.3, -0.25) is 9.59 Å².